The number of carbonyl (C=O) groups is 6. The smallest absolute Gasteiger partial charge is 0.416 e. The van der Waals surface area contributed by atoms with E-state index in [2.05, 4.69) is 53.7 Å². The number of alkyl halides is 9. The number of hydrogen-bond acceptors (Lipinski definition) is 17. The molecular formula is C82H100Cl2F9N21O8. The Morgan fingerprint density at radius 1 is 0.492 bits per heavy atom. The van der Waals surface area contributed by atoms with Gasteiger partial charge in [-0.25, -0.2) is 23.6 Å². The van der Waals surface area contributed by atoms with Crippen LogP contribution in [0.3, 0.4) is 0 Å². The summed E-state index contributed by atoms with van der Waals surface area (Å²) in [6.45, 7) is 13.3. The molecule has 0 radical (unpaired) electrons. The van der Waals surface area contributed by atoms with Gasteiger partial charge in [0.15, 0.2) is 0 Å². The maximum absolute atomic E-state index is 13.1. The number of aliphatic carboxylic acids is 1. The Morgan fingerprint density at radius 2 is 0.820 bits per heavy atom. The number of halogens is 11. The Bertz CT molecular complexity index is 5410. The van der Waals surface area contributed by atoms with Crippen molar-refractivity contribution in [2.24, 2.45) is 33.4 Å². The van der Waals surface area contributed by atoms with Crippen LogP contribution in [0, 0.1) is 39.9 Å². The van der Waals surface area contributed by atoms with Crippen LogP contribution in [0.25, 0.3) is 34.2 Å². The second-order valence-electron chi connectivity index (χ2n) is 31.3. The molecule has 40 heteroatoms. The highest BCUT2D eigenvalue weighted by Crippen LogP contribution is 2.57. The molecule has 0 unspecified atom stereocenters. The Morgan fingerprint density at radius 3 is 1.11 bits per heavy atom. The molecule has 6 fully saturated rings. The van der Waals surface area contributed by atoms with E-state index in [1.165, 1.54) is 39.2 Å². The highest BCUT2D eigenvalue weighted by atomic mass is 35.5. The molecule has 6 aromatic heterocycles. The number of nitrogens with two attached hydrogens (primary N) is 6. The first-order chi connectivity index (χ1) is 55.1. The van der Waals surface area contributed by atoms with Crippen molar-refractivity contribution < 1.29 is 78.1 Å². The molecule has 29 nitrogen and oxygen atoms in total. The van der Waals surface area contributed by atoms with Gasteiger partial charge in [0.25, 0.3) is 23.6 Å². The number of hydrogen-bond donors (Lipinski definition) is 8. The lowest BCUT2D eigenvalue weighted by atomic mass is 9.65. The quantitative estimate of drug-likeness (QED) is 0.0349. The van der Waals surface area contributed by atoms with Crippen molar-refractivity contribution in [2.75, 3.05) is 56.5 Å². The number of benzene rings is 3. The van der Waals surface area contributed by atoms with Crippen molar-refractivity contribution >= 4 is 78.0 Å². The van der Waals surface area contributed by atoms with Crippen molar-refractivity contribution in [3.63, 3.8) is 0 Å². The van der Waals surface area contributed by atoms with E-state index in [0.29, 0.717) is 60.0 Å². The molecule has 0 bridgehead atoms. The van der Waals surface area contributed by atoms with Gasteiger partial charge in [-0.3, -0.25) is 33.2 Å². The van der Waals surface area contributed by atoms with Crippen LogP contribution in [0.4, 0.5) is 61.8 Å². The predicted octanol–water partition coefficient (Wildman–Crippen LogP) is 13.2. The second-order valence-corrected chi connectivity index (χ2v) is 31.3. The molecular weight excluding hydrogens is 1650 g/mol. The van der Waals surface area contributed by atoms with E-state index in [1.807, 2.05) is 26.7 Å². The number of anilines is 3. The van der Waals surface area contributed by atoms with Gasteiger partial charge in [0, 0.05) is 57.2 Å². The Labute approximate surface area is 710 Å². The number of primary amides is 3. The minimum Gasteiger partial charge on any atom is -0.472 e. The molecule has 9 heterocycles. The lowest BCUT2D eigenvalue weighted by Gasteiger charge is -2.45. The first-order valence-corrected chi connectivity index (χ1v) is 37.3. The molecule has 0 atom stereocenters. The molecule has 658 valence electrons. The number of aromatic nitrogens is 12. The zero-order chi connectivity index (χ0) is 84.6. The summed E-state index contributed by atoms with van der Waals surface area (Å²) < 4.78 is 132. The number of amides is 5. The summed E-state index contributed by atoms with van der Waals surface area (Å²) in [4.78, 5) is 74.4. The second kappa shape index (κ2) is 37.9. The van der Waals surface area contributed by atoms with Crippen molar-refractivity contribution in [2.45, 2.75) is 177 Å². The molecule has 3 saturated carbocycles. The number of rotatable bonds is 15. The molecule has 3 saturated heterocycles. The maximum Gasteiger partial charge on any atom is 0.416 e. The summed E-state index contributed by atoms with van der Waals surface area (Å²) in [5.41, 5.74) is 36.5. The molecule has 3 aromatic carbocycles. The molecule has 3 aliphatic carbocycles. The molecule has 122 heavy (non-hydrogen) atoms. The van der Waals surface area contributed by atoms with Crippen molar-refractivity contribution in [1.29, 1.82) is 0 Å². The van der Waals surface area contributed by atoms with Crippen LogP contribution in [0.1, 0.15) is 197 Å². The fourth-order valence-corrected chi connectivity index (χ4v) is 16.2. The van der Waals surface area contributed by atoms with Crippen molar-refractivity contribution in [3.8, 4) is 57.8 Å². The summed E-state index contributed by atoms with van der Waals surface area (Å²) in [7, 11) is 0. The van der Waals surface area contributed by atoms with E-state index in [0.717, 1.165) is 107 Å². The molecule has 9 aromatic rings. The average Bonchev–Trinajstić information content (AvgIpc) is 1.59. The number of ether oxygens (including phenoxy) is 1. The van der Waals surface area contributed by atoms with Gasteiger partial charge >= 0.3 is 30.6 Å². The van der Waals surface area contributed by atoms with Crippen molar-refractivity contribution in [3.05, 3.63) is 160 Å². The minimum atomic E-state index is -4.45. The van der Waals surface area contributed by atoms with E-state index in [-0.39, 0.29) is 164 Å². The van der Waals surface area contributed by atoms with Crippen LogP contribution in [0.2, 0.25) is 0 Å². The van der Waals surface area contributed by atoms with Crippen LogP contribution in [0.15, 0.2) is 110 Å². The van der Waals surface area contributed by atoms with Crippen LogP contribution >= 0.6 is 24.8 Å². The normalized spacial score (nSPS) is 19.7. The fraction of sp³-hybridized carbons (Fsp3) is 0.439. The summed E-state index contributed by atoms with van der Waals surface area (Å²) in [6.07, 6.45) is -1.25. The SMILES string of the molecule is C.C.C.CC#CC(=O)N1CCC2(CC(n3nc(-c4ccn(Cc5cccc(C(F)(F)F)c5)n4)c(C(N)=O)c3N)C2)C1.CC#CC(=O)O.CC(C)(C)OC(=O)N1CCC2(CC(n3nc(-c4ccn(Cc5cccc(C(F)(F)F)c5)n4)c(C(N)=O)c3N)C2)C1.Cl.Cl.NC(=O)c1c(-c2ccn(Cc3cccc(C(F)(F)F)c3)n2)nn(C2CC3(CCNC3)C2)c1N. The topological polar surface area (TPSA) is 413 Å². The lowest BCUT2D eigenvalue weighted by Crippen LogP contribution is -2.43. The Balaban J connectivity index is 0.000000239. The van der Waals surface area contributed by atoms with Gasteiger partial charge in [-0.2, -0.15) is 70.1 Å². The van der Waals surface area contributed by atoms with Crippen LogP contribution in [-0.2, 0) is 52.5 Å². The Kier molecular flexibility index (Phi) is 30.2. The summed E-state index contributed by atoms with van der Waals surface area (Å²) in [5, 5.41) is 38.2. The fourth-order valence-electron chi connectivity index (χ4n) is 16.2. The largest absolute Gasteiger partial charge is 0.472 e. The molecule has 14 N–H and O–H groups in total. The lowest BCUT2D eigenvalue weighted by molar-refractivity contribution is -0.138. The van der Waals surface area contributed by atoms with Crippen LogP contribution < -0.4 is 39.7 Å². The van der Waals surface area contributed by atoms with E-state index in [4.69, 9.17) is 44.2 Å². The minimum absolute atomic E-state index is 0. The zero-order valence-electron chi connectivity index (χ0n) is 65.1. The van der Waals surface area contributed by atoms with E-state index in [9.17, 15) is 68.3 Å². The third-order valence-electron chi connectivity index (χ3n) is 21.7. The summed E-state index contributed by atoms with van der Waals surface area (Å²) in [6, 6.07) is 19.9. The highest BCUT2D eigenvalue weighted by Gasteiger charge is 2.54. The highest BCUT2D eigenvalue weighted by molar-refractivity contribution is 6.04. The van der Waals surface area contributed by atoms with Crippen LogP contribution in [-0.4, -0.2) is 154 Å². The average molecular weight is 1750 g/mol. The number of carboxylic acids is 1. The molecule has 5 amide bonds. The predicted molar refractivity (Wildman–Crippen MR) is 443 cm³/mol. The number of carbonyl (C=O) groups excluding carboxylic acids is 5. The van der Waals surface area contributed by atoms with Gasteiger partial charge in [-0.1, -0.05) is 70.5 Å². The van der Waals surface area contributed by atoms with Gasteiger partial charge in [0.05, 0.1) is 54.5 Å². The Hall–Kier alpha value is -12.0. The van der Waals surface area contributed by atoms with Gasteiger partial charge in [0.2, 0.25) is 0 Å². The number of nitrogens with one attached hydrogen (secondary N) is 1. The van der Waals surface area contributed by atoms with E-state index >= 15 is 0 Å². The van der Waals surface area contributed by atoms with Crippen molar-refractivity contribution in [1.82, 2.24) is 73.8 Å². The standard InChI is InChI=1S/C27H32F3N7O3.C26H26F3N7O2.C22H24F3N7O.C4H4O2.3CH4.2ClH/c1-25(2,3)40-24(39)35-10-8-26(15-35)12-18(13-26)37-22(31)20(23(32)38)21(34-37)19-7-9-36(33-19)14-16-5-4-6-17(11-16)27(28,29)30;1-2-4-20(37)34-10-8-25(15-34)12-18(13-25)36-23(30)21(24(31)38)22(33-36)19-7-9-35(32-19)14-16-5-3-6-17(11-16)26(27,28)29;23-22(24,25)14-3-1-2-13(8-14)11-31-7-4-16(29-31)18-17(20(27)33)19(26)32(30-18)15-9-21(10-15)5-6-28-12-21;1-2-3-4(5)6;;;;;/h4-7,9,11,18H,8,10,12-15,31H2,1-3H3,(H2,32,38);3,5-7,9,11,18H,8,10,12-15,30H2,1H3,(H2,31,38);1-4,7-8,15,28H,5-6,9-12,26H2,(H2,27,33);1H3,(H,5,6);3*1H4;2*1H. The van der Waals surface area contributed by atoms with Gasteiger partial charge in [-0.15, -0.1) is 24.8 Å². The first kappa shape index (κ1) is 97.1. The van der Waals surface area contributed by atoms with E-state index in [1.54, 1.807) is 85.8 Å². The number of carboxylic acid groups (broad SMARTS) is 1. The monoisotopic (exact) mass is 1750 g/mol. The number of likely N-dealkylation sites (tertiary alicyclic amines) is 2. The van der Waals surface area contributed by atoms with Gasteiger partial charge < -0.3 is 59.4 Å². The molecule has 15 rings (SSSR count). The first-order valence-electron chi connectivity index (χ1n) is 37.3. The third-order valence-corrected chi connectivity index (χ3v) is 21.7. The van der Waals surface area contributed by atoms with Gasteiger partial charge in [0.1, 0.15) is 73.9 Å². The number of nitrogens with zero attached hydrogens (tertiary/aromatic N) is 14. The van der Waals surface area contributed by atoms with Crippen LogP contribution in [0.5, 0.6) is 0 Å². The zero-order valence-corrected chi connectivity index (χ0v) is 66.7. The third kappa shape index (κ3) is 21.6. The van der Waals surface area contributed by atoms with Gasteiger partial charge in [-0.05, 0) is 192 Å². The summed E-state index contributed by atoms with van der Waals surface area (Å²) in [5.74, 6) is 6.37. The molecule has 3 spiro atoms. The maximum atomic E-state index is 13.1. The summed E-state index contributed by atoms with van der Waals surface area (Å²) >= 11 is 0. The molecule has 6 aliphatic rings. The number of nitrogen functional groups attached to an aromatic ring is 3. The van der Waals surface area contributed by atoms with E-state index < -0.39 is 64.5 Å². The molecule has 3 aliphatic heterocycles.